The predicted octanol–water partition coefficient (Wildman–Crippen LogP) is 4.08. The van der Waals surface area contributed by atoms with Crippen molar-refractivity contribution >= 4 is 44.8 Å². The summed E-state index contributed by atoms with van der Waals surface area (Å²) in [5.74, 6) is -1.05. The van der Waals surface area contributed by atoms with Crippen LogP contribution in [0, 0.1) is 5.82 Å². The van der Waals surface area contributed by atoms with E-state index in [-0.39, 0.29) is 11.3 Å². The minimum Gasteiger partial charge on any atom is -0.396 e. The van der Waals surface area contributed by atoms with Crippen molar-refractivity contribution in [2.75, 3.05) is 11.1 Å². The number of rotatable bonds is 2. The first-order valence-electron chi connectivity index (χ1n) is 5.29. The Hall–Kier alpha value is -1.59. The van der Waals surface area contributed by atoms with Crippen LogP contribution < -0.4 is 11.1 Å². The van der Waals surface area contributed by atoms with Gasteiger partial charge in [-0.1, -0.05) is 11.6 Å². The normalized spacial score (nSPS) is 10.3. The molecule has 0 spiro atoms. The van der Waals surface area contributed by atoms with Gasteiger partial charge >= 0.3 is 0 Å². The Morgan fingerprint density at radius 3 is 2.63 bits per heavy atom. The van der Waals surface area contributed by atoms with E-state index in [0.717, 1.165) is 6.07 Å². The van der Waals surface area contributed by atoms with Gasteiger partial charge in [-0.2, -0.15) is 0 Å². The third-order valence-electron chi connectivity index (χ3n) is 2.44. The van der Waals surface area contributed by atoms with Gasteiger partial charge in [-0.15, -0.1) is 0 Å². The van der Waals surface area contributed by atoms with Crippen LogP contribution in [0.2, 0.25) is 5.02 Å². The van der Waals surface area contributed by atoms with Crippen molar-refractivity contribution in [3.63, 3.8) is 0 Å². The van der Waals surface area contributed by atoms with E-state index >= 15 is 0 Å². The number of amides is 1. The SMILES string of the molecule is Nc1ccc(C(=O)Nc2ccc(Cl)cc2Br)cc1F. The zero-order chi connectivity index (χ0) is 14.0. The quantitative estimate of drug-likeness (QED) is 0.807. The molecule has 2 aromatic rings. The average Bonchev–Trinajstić information content (AvgIpc) is 2.36. The Balaban J connectivity index is 2.23. The summed E-state index contributed by atoms with van der Waals surface area (Å²) in [5, 5.41) is 3.19. The summed E-state index contributed by atoms with van der Waals surface area (Å²) >= 11 is 9.08. The Bertz CT molecular complexity index is 649. The van der Waals surface area contributed by atoms with E-state index in [0.29, 0.717) is 15.2 Å². The highest BCUT2D eigenvalue weighted by Crippen LogP contribution is 2.26. The lowest BCUT2D eigenvalue weighted by Gasteiger charge is -2.08. The van der Waals surface area contributed by atoms with Crippen LogP contribution in [0.25, 0.3) is 0 Å². The zero-order valence-electron chi connectivity index (χ0n) is 9.58. The molecular weight excluding hydrogens is 335 g/mol. The largest absolute Gasteiger partial charge is 0.396 e. The highest BCUT2D eigenvalue weighted by Gasteiger charge is 2.10. The fourth-order valence-electron chi connectivity index (χ4n) is 1.45. The van der Waals surface area contributed by atoms with Crippen LogP contribution in [0.3, 0.4) is 0 Å². The number of nitrogen functional groups attached to an aromatic ring is 1. The van der Waals surface area contributed by atoms with Crippen molar-refractivity contribution in [3.05, 3.63) is 57.3 Å². The number of hydrogen-bond donors (Lipinski definition) is 2. The molecule has 98 valence electrons. The molecular formula is C13H9BrClFN2O. The summed E-state index contributed by atoms with van der Waals surface area (Å²) in [5.41, 5.74) is 6.09. The van der Waals surface area contributed by atoms with Crippen LogP contribution in [0.4, 0.5) is 15.8 Å². The summed E-state index contributed by atoms with van der Waals surface area (Å²) in [4.78, 5) is 11.9. The highest BCUT2D eigenvalue weighted by molar-refractivity contribution is 9.10. The lowest BCUT2D eigenvalue weighted by atomic mass is 10.2. The minimum absolute atomic E-state index is 0.00391. The second kappa shape index (κ2) is 5.59. The monoisotopic (exact) mass is 342 g/mol. The van der Waals surface area contributed by atoms with E-state index in [1.807, 2.05) is 0 Å². The van der Waals surface area contributed by atoms with Crippen LogP contribution in [0.15, 0.2) is 40.9 Å². The van der Waals surface area contributed by atoms with Gasteiger partial charge in [0.15, 0.2) is 0 Å². The fraction of sp³-hybridized carbons (Fsp3) is 0. The Labute approximate surface area is 122 Å². The van der Waals surface area contributed by atoms with Gasteiger partial charge in [-0.25, -0.2) is 4.39 Å². The molecule has 1 amide bonds. The van der Waals surface area contributed by atoms with E-state index in [9.17, 15) is 9.18 Å². The molecule has 0 aromatic heterocycles. The molecule has 0 radical (unpaired) electrons. The fourth-order valence-corrected chi connectivity index (χ4v) is 2.24. The lowest BCUT2D eigenvalue weighted by molar-refractivity contribution is 0.102. The number of nitrogens with two attached hydrogens (primary N) is 1. The molecule has 2 rings (SSSR count). The Morgan fingerprint density at radius 1 is 1.26 bits per heavy atom. The van der Waals surface area contributed by atoms with Gasteiger partial charge < -0.3 is 11.1 Å². The van der Waals surface area contributed by atoms with Crippen LogP contribution >= 0.6 is 27.5 Å². The minimum atomic E-state index is -0.622. The molecule has 0 aliphatic carbocycles. The smallest absolute Gasteiger partial charge is 0.255 e. The molecule has 3 nitrogen and oxygen atoms in total. The van der Waals surface area contributed by atoms with E-state index in [2.05, 4.69) is 21.2 Å². The third kappa shape index (κ3) is 3.24. The van der Waals surface area contributed by atoms with Gasteiger partial charge in [0.05, 0.1) is 11.4 Å². The van der Waals surface area contributed by atoms with Gasteiger partial charge in [-0.3, -0.25) is 4.79 Å². The summed E-state index contributed by atoms with van der Waals surface area (Å²) in [6, 6.07) is 8.84. The number of carbonyl (C=O) groups excluding carboxylic acids is 1. The van der Waals surface area contributed by atoms with Crippen molar-refractivity contribution in [1.82, 2.24) is 0 Å². The molecule has 0 aliphatic rings. The number of carbonyl (C=O) groups is 1. The molecule has 0 saturated carbocycles. The van der Waals surface area contributed by atoms with Gasteiger partial charge in [0.1, 0.15) is 5.82 Å². The van der Waals surface area contributed by atoms with Crippen molar-refractivity contribution < 1.29 is 9.18 Å². The molecule has 0 aliphatic heterocycles. The van der Waals surface area contributed by atoms with Crippen LogP contribution in [-0.4, -0.2) is 5.91 Å². The molecule has 3 N–H and O–H groups in total. The van der Waals surface area contributed by atoms with Gasteiger partial charge in [0.25, 0.3) is 5.91 Å². The summed E-state index contributed by atoms with van der Waals surface area (Å²) < 4.78 is 13.9. The first-order valence-corrected chi connectivity index (χ1v) is 6.46. The molecule has 0 bridgehead atoms. The van der Waals surface area contributed by atoms with Gasteiger partial charge in [0, 0.05) is 15.1 Å². The standard InChI is InChI=1S/C13H9BrClFN2O/c14-9-6-8(15)2-4-12(9)18-13(19)7-1-3-11(17)10(16)5-7/h1-6H,17H2,(H,18,19). The molecule has 19 heavy (non-hydrogen) atoms. The highest BCUT2D eigenvalue weighted by atomic mass is 79.9. The van der Waals surface area contributed by atoms with E-state index in [1.54, 1.807) is 18.2 Å². The van der Waals surface area contributed by atoms with Gasteiger partial charge in [0.2, 0.25) is 0 Å². The third-order valence-corrected chi connectivity index (χ3v) is 3.33. The van der Waals surface area contributed by atoms with Crippen molar-refractivity contribution in [3.8, 4) is 0 Å². The number of anilines is 2. The first-order chi connectivity index (χ1) is 8.97. The van der Waals surface area contributed by atoms with Crippen LogP contribution in [0.1, 0.15) is 10.4 Å². The number of hydrogen-bond acceptors (Lipinski definition) is 2. The van der Waals surface area contributed by atoms with E-state index in [4.69, 9.17) is 17.3 Å². The maximum atomic E-state index is 13.3. The maximum absolute atomic E-state index is 13.3. The second-order valence-electron chi connectivity index (χ2n) is 3.81. The van der Waals surface area contributed by atoms with E-state index < -0.39 is 11.7 Å². The molecule has 2 aromatic carbocycles. The zero-order valence-corrected chi connectivity index (χ0v) is 11.9. The molecule has 6 heteroatoms. The van der Waals surface area contributed by atoms with Crippen molar-refractivity contribution in [2.24, 2.45) is 0 Å². The van der Waals surface area contributed by atoms with Gasteiger partial charge in [-0.05, 0) is 52.3 Å². The summed E-state index contributed by atoms with van der Waals surface area (Å²) in [6.07, 6.45) is 0. The Kier molecular flexibility index (Phi) is 4.07. The Morgan fingerprint density at radius 2 is 2.00 bits per heavy atom. The average molecular weight is 344 g/mol. The van der Waals surface area contributed by atoms with Crippen molar-refractivity contribution in [1.29, 1.82) is 0 Å². The first kappa shape index (κ1) is 13.8. The molecule has 0 saturated heterocycles. The molecule has 0 unspecified atom stereocenters. The van der Waals surface area contributed by atoms with Crippen LogP contribution in [-0.2, 0) is 0 Å². The molecule has 0 heterocycles. The van der Waals surface area contributed by atoms with Crippen LogP contribution in [0.5, 0.6) is 0 Å². The molecule has 0 atom stereocenters. The maximum Gasteiger partial charge on any atom is 0.255 e. The number of halogens is 3. The van der Waals surface area contributed by atoms with Crippen molar-refractivity contribution in [2.45, 2.75) is 0 Å². The second-order valence-corrected chi connectivity index (χ2v) is 5.11. The lowest BCUT2D eigenvalue weighted by Crippen LogP contribution is -2.12. The topological polar surface area (TPSA) is 55.1 Å². The predicted molar refractivity (Wildman–Crippen MR) is 77.9 cm³/mol. The summed E-state index contributed by atoms with van der Waals surface area (Å²) in [7, 11) is 0. The number of benzene rings is 2. The number of nitrogens with one attached hydrogen (secondary N) is 1. The molecule has 0 fully saturated rings. The van der Waals surface area contributed by atoms with E-state index in [1.165, 1.54) is 12.1 Å². The summed E-state index contributed by atoms with van der Waals surface area (Å²) in [6.45, 7) is 0.